The lowest BCUT2D eigenvalue weighted by Crippen LogP contribution is -2.17. The molecule has 0 radical (unpaired) electrons. The Morgan fingerprint density at radius 3 is 2.82 bits per heavy atom. The third kappa shape index (κ3) is 4.02. The summed E-state index contributed by atoms with van der Waals surface area (Å²) in [7, 11) is 1.59. The van der Waals surface area contributed by atoms with Crippen LogP contribution in [0.5, 0.6) is 5.75 Å². The zero-order chi connectivity index (χ0) is 12.8. The monoisotopic (exact) mass is 301 g/mol. The summed E-state index contributed by atoms with van der Waals surface area (Å²) < 4.78 is 10.8. The van der Waals surface area contributed by atoms with E-state index in [2.05, 4.69) is 15.9 Å². The average molecular weight is 302 g/mol. The molecule has 0 aliphatic rings. The first-order valence-electron chi connectivity index (χ1n) is 5.33. The Hall–Kier alpha value is -1.07. The van der Waals surface area contributed by atoms with Crippen LogP contribution in [0.1, 0.15) is 24.9 Å². The molecule has 0 aromatic heterocycles. The molecule has 5 heteroatoms. The van der Waals surface area contributed by atoms with Gasteiger partial charge in [-0.25, -0.2) is 0 Å². The number of ether oxygens (including phenoxy) is 2. The predicted octanol–water partition coefficient (Wildman–Crippen LogP) is 2.41. The summed E-state index contributed by atoms with van der Waals surface area (Å²) in [4.78, 5) is 11.3. The van der Waals surface area contributed by atoms with Crippen molar-refractivity contribution in [2.45, 2.75) is 19.4 Å². The van der Waals surface area contributed by atoms with Gasteiger partial charge >= 0.3 is 5.97 Å². The van der Waals surface area contributed by atoms with Crippen LogP contribution in [0.4, 0.5) is 0 Å². The van der Waals surface area contributed by atoms with Crippen molar-refractivity contribution in [2.24, 2.45) is 5.73 Å². The Labute approximate surface area is 109 Å². The van der Waals surface area contributed by atoms with E-state index in [1.54, 1.807) is 14.0 Å². The molecule has 0 heterocycles. The van der Waals surface area contributed by atoms with Crippen molar-refractivity contribution in [3.05, 3.63) is 28.2 Å². The predicted molar refractivity (Wildman–Crippen MR) is 68.9 cm³/mol. The Kier molecular flexibility index (Phi) is 5.44. The SMILES string of the molecule is CCOC(=O)C[C@@H](N)c1cc(OC)ccc1Br. The lowest BCUT2D eigenvalue weighted by molar-refractivity contribution is -0.143. The van der Waals surface area contributed by atoms with Crippen LogP contribution >= 0.6 is 15.9 Å². The quantitative estimate of drug-likeness (QED) is 0.849. The van der Waals surface area contributed by atoms with E-state index >= 15 is 0 Å². The number of nitrogens with two attached hydrogens (primary N) is 1. The fraction of sp³-hybridized carbons (Fsp3) is 0.417. The molecule has 0 saturated heterocycles. The number of benzene rings is 1. The van der Waals surface area contributed by atoms with Crippen molar-refractivity contribution in [1.82, 2.24) is 0 Å². The van der Waals surface area contributed by atoms with E-state index < -0.39 is 6.04 Å². The summed E-state index contributed by atoms with van der Waals surface area (Å²) in [5, 5.41) is 0. The van der Waals surface area contributed by atoms with Gasteiger partial charge in [0.05, 0.1) is 20.1 Å². The Balaban J connectivity index is 2.80. The number of carbonyl (C=O) groups excluding carboxylic acids is 1. The van der Waals surface area contributed by atoms with Crippen molar-refractivity contribution in [2.75, 3.05) is 13.7 Å². The minimum Gasteiger partial charge on any atom is -0.497 e. The molecule has 0 unspecified atom stereocenters. The van der Waals surface area contributed by atoms with Crippen LogP contribution in [0.3, 0.4) is 0 Å². The third-order valence-corrected chi connectivity index (χ3v) is 3.02. The molecule has 2 N–H and O–H groups in total. The standard InChI is InChI=1S/C12H16BrNO3/c1-3-17-12(15)7-11(14)9-6-8(16-2)4-5-10(9)13/h4-6,11H,3,7,14H2,1-2H3/t11-/m1/s1. The van der Waals surface area contributed by atoms with Gasteiger partial charge in [0.25, 0.3) is 0 Å². The van der Waals surface area contributed by atoms with E-state index in [-0.39, 0.29) is 12.4 Å². The van der Waals surface area contributed by atoms with E-state index in [0.29, 0.717) is 12.4 Å². The molecule has 0 saturated carbocycles. The van der Waals surface area contributed by atoms with Gasteiger partial charge in [0.1, 0.15) is 5.75 Å². The Bertz CT molecular complexity index is 395. The zero-order valence-corrected chi connectivity index (χ0v) is 11.5. The maximum absolute atomic E-state index is 11.3. The van der Waals surface area contributed by atoms with E-state index in [0.717, 1.165) is 10.0 Å². The molecule has 0 fully saturated rings. The van der Waals surface area contributed by atoms with Crippen LogP contribution in [0.25, 0.3) is 0 Å². The van der Waals surface area contributed by atoms with Crippen LogP contribution in [0, 0.1) is 0 Å². The summed E-state index contributed by atoms with van der Waals surface area (Å²) in [6.07, 6.45) is 0.152. The Morgan fingerprint density at radius 2 is 2.24 bits per heavy atom. The summed E-state index contributed by atoms with van der Waals surface area (Å²) in [5.74, 6) is 0.414. The molecule has 0 aliphatic heterocycles. The van der Waals surface area contributed by atoms with Gasteiger partial charge in [-0.1, -0.05) is 15.9 Å². The minimum absolute atomic E-state index is 0.152. The van der Waals surface area contributed by atoms with Gasteiger partial charge < -0.3 is 15.2 Å². The largest absolute Gasteiger partial charge is 0.497 e. The first kappa shape index (κ1) is 14.0. The van der Waals surface area contributed by atoms with Gasteiger partial charge in [0.2, 0.25) is 0 Å². The van der Waals surface area contributed by atoms with Crippen molar-refractivity contribution in [3.63, 3.8) is 0 Å². The zero-order valence-electron chi connectivity index (χ0n) is 9.90. The lowest BCUT2D eigenvalue weighted by Gasteiger charge is -2.14. The highest BCUT2D eigenvalue weighted by molar-refractivity contribution is 9.10. The summed E-state index contributed by atoms with van der Waals surface area (Å²) in [6, 6.07) is 5.08. The first-order chi connectivity index (χ1) is 8.08. The summed E-state index contributed by atoms with van der Waals surface area (Å²) in [5.41, 5.74) is 6.80. The van der Waals surface area contributed by atoms with Crippen molar-refractivity contribution >= 4 is 21.9 Å². The van der Waals surface area contributed by atoms with Gasteiger partial charge in [-0.05, 0) is 30.7 Å². The summed E-state index contributed by atoms with van der Waals surface area (Å²) >= 11 is 3.40. The number of esters is 1. The number of carbonyl (C=O) groups is 1. The van der Waals surface area contributed by atoms with E-state index in [4.69, 9.17) is 15.2 Å². The van der Waals surface area contributed by atoms with Crippen molar-refractivity contribution in [3.8, 4) is 5.75 Å². The number of rotatable bonds is 5. The second-order valence-electron chi connectivity index (χ2n) is 3.50. The van der Waals surface area contributed by atoms with Gasteiger partial charge in [0, 0.05) is 10.5 Å². The van der Waals surface area contributed by atoms with E-state index in [1.807, 2.05) is 18.2 Å². The van der Waals surface area contributed by atoms with Crippen LogP contribution in [-0.4, -0.2) is 19.7 Å². The molecule has 1 aromatic rings. The fourth-order valence-corrected chi connectivity index (χ4v) is 1.98. The van der Waals surface area contributed by atoms with E-state index in [1.165, 1.54) is 0 Å². The molecule has 0 aliphatic carbocycles. The Morgan fingerprint density at radius 1 is 1.53 bits per heavy atom. The smallest absolute Gasteiger partial charge is 0.307 e. The van der Waals surface area contributed by atoms with Crippen molar-refractivity contribution < 1.29 is 14.3 Å². The molecular weight excluding hydrogens is 286 g/mol. The minimum atomic E-state index is -0.404. The lowest BCUT2D eigenvalue weighted by atomic mass is 10.0. The highest BCUT2D eigenvalue weighted by Crippen LogP contribution is 2.28. The molecule has 1 atom stereocenters. The average Bonchev–Trinajstić information content (AvgIpc) is 2.29. The normalized spacial score (nSPS) is 12.0. The molecule has 1 aromatic carbocycles. The molecule has 1 rings (SSSR count). The molecule has 94 valence electrons. The number of methoxy groups -OCH3 is 1. The number of hydrogen-bond acceptors (Lipinski definition) is 4. The van der Waals surface area contributed by atoms with Crippen LogP contribution in [0.15, 0.2) is 22.7 Å². The number of hydrogen-bond donors (Lipinski definition) is 1. The van der Waals surface area contributed by atoms with E-state index in [9.17, 15) is 4.79 Å². The van der Waals surface area contributed by atoms with Crippen molar-refractivity contribution in [1.29, 1.82) is 0 Å². The fourth-order valence-electron chi connectivity index (χ4n) is 1.44. The van der Waals surface area contributed by atoms with Crippen LogP contribution in [0.2, 0.25) is 0 Å². The third-order valence-electron chi connectivity index (χ3n) is 2.29. The highest BCUT2D eigenvalue weighted by atomic mass is 79.9. The first-order valence-corrected chi connectivity index (χ1v) is 6.12. The molecule has 0 amide bonds. The molecule has 17 heavy (non-hydrogen) atoms. The molecule has 4 nitrogen and oxygen atoms in total. The second kappa shape index (κ2) is 6.61. The van der Waals surface area contributed by atoms with Crippen LogP contribution in [-0.2, 0) is 9.53 Å². The molecular formula is C12H16BrNO3. The topological polar surface area (TPSA) is 61.5 Å². The van der Waals surface area contributed by atoms with Gasteiger partial charge in [-0.2, -0.15) is 0 Å². The number of halogens is 1. The van der Waals surface area contributed by atoms with Gasteiger partial charge in [-0.15, -0.1) is 0 Å². The maximum Gasteiger partial charge on any atom is 0.307 e. The summed E-state index contributed by atoms with van der Waals surface area (Å²) in [6.45, 7) is 2.13. The maximum atomic E-state index is 11.3. The molecule has 0 spiro atoms. The van der Waals surface area contributed by atoms with Crippen LogP contribution < -0.4 is 10.5 Å². The highest BCUT2D eigenvalue weighted by Gasteiger charge is 2.15. The van der Waals surface area contributed by atoms with Gasteiger partial charge in [0.15, 0.2) is 0 Å². The molecule has 0 bridgehead atoms. The van der Waals surface area contributed by atoms with Gasteiger partial charge in [-0.3, -0.25) is 4.79 Å². The second-order valence-corrected chi connectivity index (χ2v) is 4.36.